The number of carbonyl (C=O) groups excluding carboxylic acids is 1. The summed E-state index contributed by atoms with van der Waals surface area (Å²) in [6.07, 6.45) is 7.52. The molecule has 3 rings (SSSR count). The predicted molar refractivity (Wildman–Crippen MR) is 98.2 cm³/mol. The Kier molecular flexibility index (Phi) is 5.48. The number of hydrogen-bond acceptors (Lipinski definition) is 3. The maximum atomic E-state index is 12.3. The van der Waals surface area contributed by atoms with Crippen LogP contribution in [0.1, 0.15) is 36.5 Å². The molecule has 1 aliphatic heterocycles. The Morgan fingerprint density at radius 2 is 2.12 bits per heavy atom. The number of rotatable bonds is 5. The number of H-pyrrole nitrogens is 1. The zero-order chi connectivity index (χ0) is 16.9. The molecule has 1 amide bonds. The maximum Gasteiger partial charge on any atom is 0.251 e. The van der Waals surface area contributed by atoms with Crippen molar-refractivity contribution in [1.82, 2.24) is 19.8 Å². The first-order chi connectivity index (χ1) is 11.6. The fourth-order valence-electron chi connectivity index (χ4n) is 3.20. The average molecular weight is 344 g/mol. The number of imidazole rings is 1. The van der Waals surface area contributed by atoms with E-state index in [-0.39, 0.29) is 5.91 Å². The molecule has 0 radical (unpaired) electrons. The van der Waals surface area contributed by atoms with Crippen molar-refractivity contribution >= 4 is 18.1 Å². The van der Waals surface area contributed by atoms with E-state index in [0.717, 1.165) is 18.8 Å². The van der Waals surface area contributed by atoms with Crippen LogP contribution in [0.4, 0.5) is 0 Å². The van der Waals surface area contributed by atoms with Gasteiger partial charge in [0.15, 0.2) is 4.77 Å². The van der Waals surface area contributed by atoms with E-state index in [1.54, 1.807) is 6.20 Å². The second-order valence-corrected chi connectivity index (χ2v) is 6.71. The number of piperidine rings is 1. The summed E-state index contributed by atoms with van der Waals surface area (Å²) < 4.78 is 2.51. The van der Waals surface area contributed by atoms with E-state index < -0.39 is 0 Å². The molecule has 0 aliphatic carbocycles. The van der Waals surface area contributed by atoms with Crippen LogP contribution in [0.3, 0.4) is 0 Å². The molecule has 2 heterocycles. The molecule has 5 nitrogen and oxygen atoms in total. The molecule has 6 heteroatoms. The summed E-state index contributed by atoms with van der Waals surface area (Å²) in [5, 5.41) is 3.02. The van der Waals surface area contributed by atoms with Crippen LogP contribution in [0.2, 0.25) is 0 Å². The Morgan fingerprint density at radius 1 is 1.33 bits per heavy atom. The zero-order valence-electron chi connectivity index (χ0n) is 14.0. The molecule has 1 atom stereocenters. The van der Waals surface area contributed by atoms with Gasteiger partial charge < -0.3 is 10.3 Å². The SMILES string of the molecule is C[C@H]1CCCCN1CCNC(=O)c1ccc(-n2cc[nH]c2=S)cc1. The lowest BCUT2D eigenvalue weighted by Gasteiger charge is -2.33. The Bertz CT molecular complexity index is 734. The topological polar surface area (TPSA) is 53.1 Å². The van der Waals surface area contributed by atoms with Gasteiger partial charge in [-0.2, -0.15) is 0 Å². The van der Waals surface area contributed by atoms with E-state index in [1.165, 1.54) is 19.3 Å². The molecule has 0 spiro atoms. The van der Waals surface area contributed by atoms with Gasteiger partial charge in [-0.05, 0) is 62.8 Å². The fourth-order valence-corrected chi connectivity index (χ4v) is 3.44. The second kappa shape index (κ2) is 7.77. The van der Waals surface area contributed by atoms with Gasteiger partial charge in [0.25, 0.3) is 5.91 Å². The number of hydrogen-bond donors (Lipinski definition) is 2. The normalized spacial score (nSPS) is 18.5. The Labute approximate surface area is 147 Å². The van der Waals surface area contributed by atoms with Gasteiger partial charge in [0.05, 0.1) is 0 Å². The lowest BCUT2D eigenvalue weighted by molar-refractivity contribution is 0.0938. The summed E-state index contributed by atoms with van der Waals surface area (Å²) >= 11 is 5.20. The number of carbonyl (C=O) groups is 1. The van der Waals surface area contributed by atoms with Gasteiger partial charge >= 0.3 is 0 Å². The number of nitrogens with zero attached hydrogens (tertiary/aromatic N) is 2. The van der Waals surface area contributed by atoms with Crippen LogP contribution in [-0.2, 0) is 0 Å². The average Bonchev–Trinajstić information content (AvgIpc) is 3.03. The minimum atomic E-state index is -0.0242. The first kappa shape index (κ1) is 16.9. The highest BCUT2D eigenvalue weighted by Gasteiger charge is 2.17. The number of benzene rings is 1. The number of nitrogens with one attached hydrogen (secondary N) is 2. The molecule has 1 aromatic carbocycles. The van der Waals surface area contributed by atoms with Crippen molar-refractivity contribution in [2.24, 2.45) is 0 Å². The quantitative estimate of drug-likeness (QED) is 0.820. The highest BCUT2D eigenvalue weighted by molar-refractivity contribution is 7.71. The van der Waals surface area contributed by atoms with Crippen molar-refractivity contribution in [1.29, 1.82) is 0 Å². The van der Waals surface area contributed by atoms with Crippen molar-refractivity contribution < 1.29 is 4.79 Å². The molecule has 0 unspecified atom stereocenters. The predicted octanol–water partition coefficient (Wildman–Crippen LogP) is 3.14. The molecule has 0 bridgehead atoms. The molecule has 2 aromatic rings. The van der Waals surface area contributed by atoms with E-state index in [1.807, 2.05) is 35.0 Å². The van der Waals surface area contributed by atoms with Gasteiger partial charge in [-0.15, -0.1) is 0 Å². The first-order valence-corrected chi connectivity index (χ1v) is 8.95. The largest absolute Gasteiger partial charge is 0.351 e. The van der Waals surface area contributed by atoms with Crippen molar-refractivity contribution in [2.45, 2.75) is 32.2 Å². The monoisotopic (exact) mass is 344 g/mol. The molecule has 2 N–H and O–H groups in total. The number of likely N-dealkylation sites (tertiary alicyclic amines) is 1. The molecular formula is C18H24N4OS. The second-order valence-electron chi connectivity index (χ2n) is 6.32. The molecule has 0 saturated carbocycles. The maximum absolute atomic E-state index is 12.3. The van der Waals surface area contributed by atoms with E-state index >= 15 is 0 Å². The Morgan fingerprint density at radius 3 is 2.79 bits per heavy atom. The first-order valence-electron chi connectivity index (χ1n) is 8.54. The smallest absolute Gasteiger partial charge is 0.251 e. The van der Waals surface area contributed by atoms with E-state index in [2.05, 4.69) is 22.1 Å². The summed E-state index contributed by atoms with van der Waals surface area (Å²) in [5.41, 5.74) is 1.62. The minimum absolute atomic E-state index is 0.0242. The summed E-state index contributed by atoms with van der Waals surface area (Å²) in [6.45, 7) is 5.02. The number of amides is 1. The number of aromatic amines is 1. The summed E-state index contributed by atoms with van der Waals surface area (Å²) in [6, 6.07) is 8.11. The van der Waals surface area contributed by atoms with Gasteiger partial charge in [0.1, 0.15) is 0 Å². The fraction of sp³-hybridized carbons (Fsp3) is 0.444. The Hall–Kier alpha value is -1.92. The summed E-state index contributed by atoms with van der Waals surface area (Å²) in [5.74, 6) is -0.0242. The molecule has 128 valence electrons. The van der Waals surface area contributed by atoms with Crippen molar-refractivity contribution in [3.63, 3.8) is 0 Å². The molecule has 1 aliphatic rings. The molecule has 24 heavy (non-hydrogen) atoms. The third kappa shape index (κ3) is 3.94. The van der Waals surface area contributed by atoms with Crippen LogP contribution in [0.25, 0.3) is 5.69 Å². The van der Waals surface area contributed by atoms with E-state index in [0.29, 0.717) is 22.9 Å². The third-order valence-corrected chi connectivity index (χ3v) is 5.00. The van der Waals surface area contributed by atoms with Gasteiger partial charge in [0.2, 0.25) is 0 Å². The van der Waals surface area contributed by atoms with Crippen LogP contribution in [0, 0.1) is 4.77 Å². The standard InChI is InChI=1S/C18H24N4OS/c1-14-4-2-3-11-21(14)12-9-19-17(23)15-5-7-16(8-6-15)22-13-10-20-18(22)24/h5-8,10,13-14H,2-4,9,11-12H2,1H3,(H,19,23)(H,20,24)/t14-/m0/s1. The van der Waals surface area contributed by atoms with Crippen LogP contribution < -0.4 is 5.32 Å². The molecule has 1 saturated heterocycles. The van der Waals surface area contributed by atoms with Crippen LogP contribution in [-0.4, -0.2) is 46.0 Å². The number of aromatic nitrogens is 2. The highest BCUT2D eigenvalue weighted by atomic mass is 32.1. The lowest BCUT2D eigenvalue weighted by atomic mass is 10.0. The van der Waals surface area contributed by atoms with Gasteiger partial charge in [-0.3, -0.25) is 14.3 Å². The zero-order valence-corrected chi connectivity index (χ0v) is 14.8. The van der Waals surface area contributed by atoms with Crippen molar-refractivity contribution in [3.8, 4) is 5.69 Å². The van der Waals surface area contributed by atoms with Gasteiger partial charge in [-0.25, -0.2) is 0 Å². The molecular weight excluding hydrogens is 320 g/mol. The van der Waals surface area contributed by atoms with Gasteiger partial charge in [-0.1, -0.05) is 6.42 Å². The van der Waals surface area contributed by atoms with Crippen LogP contribution >= 0.6 is 12.2 Å². The molecule has 1 fully saturated rings. The highest BCUT2D eigenvalue weighted by Crippen LogP contribution is 2.15. The minimum Gasteiger partial charge on any atom is -0.351 e. The van der Waals surface area contributed by atoms with Gasteiger partial charge in [0, 0.05) is 42.8 Å². The van der Waals surface area contributed by atoms with Crippen molar-refractivity contribution in [2.75, 3.05) is 19.6 Å². The van der Waals surface area contributed by atoms with E-state index in [9.17, 15) is 4.79 Å². The van der Waals surface area contributed by atoms with Crippen LogP contribution in [0.15, 0.2) is 36.7 Å². The summed E-state index contributed by atoms with van der Waals surface area (Å²) in [4.78, 5) is 17.7. The third-order valence-electron chi connectivity index (χ3n) is 4.68. The van der Waals surface area contributed by atoms with Crippen LogP contribution in [0.5, 0.6) is 0 Å². The lowest BCUT2D eigenvalue weighted by Crippen LogP contribution is -2.42. The van der Waals surface area contributed by atoms with E-state index in [4.69, 9.17) is 12.2 Å². The molecule has 1 aromatic heterocycles. The van der Waals surface area contributed by atoms with Crippen molar-refractivity contribution in [3.05, 3.63) is 47.0 Å². The summed E-state index contributed by atoms with van der Waals surface area (Å²) in [7, 11) is 0. The Balaban J connectivity index is 1.53.